The third-order valence-corrected chi connectivity index (χ3v) is 1.26. The van der Waals surface area contributed by atoms with Crippen LogP contribution in [0.25, 0.3) is 0 Å². The molecule has 0 aliphatic rings. The molecule has 0 saturated heterocycles. The van der Waals surface area contributed by atoms with E-state index in [0.29, 0.717) is 0 Å². The molecule has 3 nitrogen and oxygen atoms in total. The highest BCUT2D eigenvalue weighted by Crippen LogP contribution is 2.35. The molecular formula is C7H7FO3. The molecule has 4 heteroatoms. The fraction of sp³-hybridized carbons (Fsp3) is 0.143. The van der Waals surface area contributed by atoms with Crippen molar-refractivity contribution in [1.82, 2.24) is 0 Å². The quantitative estimate of drug-likeness (QED) is 0.711. The third-order valence-electron chi connectivity index (χ3n) is 1.26. The Morgan fingerprint density at radius 1 is 1.45 bits per heavy atom. The lowest BCUT2D eigenvalue weighted by molar-refractivity contribution is -0.0117. The van der Waals surface area contributed by atoms with Crippen molar-refractivity contribution in [2.75, 3.05) is 7.11 Å². The smallest absolute Gasteiger partial charge is 0.255 e. The van der Waals surface area contributed by atoms with Crippen LogP contribution in [0.15, 0.2) is 18.2 Å². The number of halogens is 1. The zero-order valence-electron chi connectivity index (χ0n) is 5.87. The van der Waals surface area contributed by atoms with Crippen LogP contribution in [0.3, 0.4) is 0 Å². The minimum atomic E-state index is -0.296. The second-order valence-electron chi connectivity index (χ2n) is 1.89. The topological polar surface area (TPSA) is 38.7 Å². The summed E-state index contributed by atoms with van der Waals surface area (Å²) >= 11 is 0. The molecule has 1 rings (SSSR count). The van der Waals surface area contributed by atoms with E-state index in [2.05, 4.69) is 4.94 Å². The average molecular weight is 158 g/mol. The van der Waals surface area contributed by atoms with E-state index in [1.807, 2.05) is 0 Å². The number of hydrogen-bond donors (Lipinski definition) is 1. The molecule has 0 atom stereocenters. The van der Waals surface area contributed by atoms with Gasteiger partial charge in [0.1, 0.15) is 0 Å². The van der Waals surface area contributed by atoms with Crippen molar-refractivity contribution in [3.8, 4) is 17.2 Å². The first-order valence-corrected chi connectivity index (χ1v) is 2.94. The summed E-state index contributed by atoms with van der Waals surface area (Å²) in [6.45, 7) is 0. The fourth-order valence-electron chi connectivity index (χ4n) is 0.743. The number of para-hydroxylation sites is 1. The van der Waals surface area contributed by atoms with Crippen molar-refractivity contribution in [3.63, 3.8) is 0 Å². The van der Waals surface area contributed by atoms with Crippen LogP contribution in [0.2, 0.25) is 0 Å². The minimum absolute atomic E-state index is 0.160. The number of phenolic OH excluding ortho intramolecular Hbond substituents is 1. The molecule has 11 heavy (non-hydrogen) atoms. The molecule has 0 spiro atoms. The number of ether oxygens (including phenoxy) is 1. The highest BCUT2D eigenvalue weighted by atomic mass is 19.3. The largest absolute Gasteiger partial charge is 0.504 e. The van der Waals surface area contributed by atoms with Crippen molar-refractivity contribution < 1.29 is 19.3 Å². The predicted octanol–water partition coefficient (Wildman–Crippen LogP) is 1.66. The molecule has 0 fully saturated rings. The summed E-state index contributed by atoms with van der Waals surface area (Å²) in [5.41, 5.74) is 0. The number of hydrogen-bond acceptors (Lipinski definition) is 3. The van der Waals surface area contributed by atoms with Gasteiger partial charge in [-0.1, -0.05) is 6.07 Å². The SMILES string of the molecule is COc1cccc(O)c1OF. The van der Waals surface area contributed by atoms with Crippen LogP contribution in [-0.2, 0) is 0 Å². The van der Waals surface area contributed by atoms with Gasteiger partial charge in [-0.05, 0) is 12.1 Å². The lowest BCUT2D eigenvalue weighted by Crippen LogP contribution is -1.86. The molecule has 60 valence electrons. The molecule has 0 amide bonds. The molecule has 0 aromatic heterocycles. The van der Waals surface area contributed by atoms with Crippen molar-refractivity contribution in [3.05, 3.63) is 18.2 Å². The van der Waals surface area contributed by atoms with Gasteiger partial charge in [-0.3, -0.25) is 4.94 Å². The van der Waals surface area contributed by atoms with E-state index in [1.54, 1.807) is 0 Å². The van der Waals surface area contributed by atoms with Gasteiger partial charge in [0.15, 0.2) is 11.5 Å². The molecule has 0 saturated carbocycles. The van der Waals surface area contributed by atoms with Crippen LogP contribution in [0.5, 0.6) is 17.2 Å². The Kier molecular flexibility index (Phi) is 2.15. The van der Waals surface area contributed by atoms with E-state index in [4.69, 9.17) is 9.84 Å². The van der Waals surface area contributed by atoms with E-state index in [-0.39, 0.29) is 17.2 Å². The zero-order chi connectivity index (χ0) is 8.27. The van der Waals surface area contributed by atoms with Crippen molar-refractivity contribution >= 4 is 0 Å². The summed E-state index contributed by atoms with van der Waals surface area (Å²) in [5, 5.41) is 8.98. The summed E-state index contributed by atoms with van der Waals surface area (Å²) in [7, 11) is 1.36. The Morgan fingerprint density at radius 2 is 2.18 bits per heavy atom. The summed E-state index contributed by atoms with van der Waals surface area (Å²) in [4.78, 5) is 3.39. The molecule has 1 aromatic carbocycles. The molecule has 0 bridgehead atoms. The van der Waals surface area contributed by atoms with Crippen molar-refractivity contribution in [2.24, 2.45) is 0 Å². The van der Waals surface area contributed by atoms with Crippen molar-refractivity contribution in [2.45, 2.75) is 0 Å². The van der Waals surface area contributed by atoms with E-state index in [9.17, 15) is 4.53 Å². The molecular weight excluding hydrogens is 151 g/mol. The summed E-state index contributed by atoms with van der Waals surface area (Å²) in [6.07, 6.45) is 0. The Bertz CT molecular complexity index is 249. The molecule has 0 aliphatic heterocycles. The van der Waals surface area contributed by atoms with Crippen LogP contribution in [0.1, 0.15) is 0 Å². The number of benzene rings is 1. The highest BCUT2D eigenvalue weighted by molar-refractivity contribution is 5.49. The van der Waals surface area contributed by atoms with Gasteiger partial charge in [0.25, 0.3) is 5.75 Å². The summed E-state index contributed by atoms with van der Waals surface area (Å²) in [5.74, 6) is -0.422. The van der Waals surface area contributed by atoms with Gasteiger partial charge < -0.3 is 9.84 Å². The monoisotopic (exact) mass is 158 g/mol. The van der Waals surface area contributed by atoms with Crippen molar-refractivity contribution in [1.29, 1.82) is 0 Å². The number of phenols is 1. The highest BCUT2D eigenvalue weighted by Gasteiger charge is 2.09. The molecule has 0 heterocycles. The van der Waals surface area contributed by atoms with E-state index < -0.39 is 0 Å². The van der Waals surface area contributed by atoms with Gasteiger partial charge >= 0.3 is 0 Å². The predicted molar refractivity (Wildman–Crippen MR) is 36.4 cm³/mol. The number of methoxy groups -OCH3 is 1. The lowest BCUT2D eigenvalue weighted by Gasteiger charge is -2.03. The molecule has 0 aliphatic carbocycles. The first kappa shape index (κ1) is 7.65. The fourth-order valence-corrected chi connectivity index (χ4v) is 0.743. The first-order chi connectivity index (χ1) is 5.29. The summed E-state index contributed by atoms with van der Waals surface area (Å²) < 4.78 is 16.4. The van der Waals surface area contributed by atoms with Gasteiger partial charge in [-0.2, -0.15) is 0 Å². The Morgan fingerprint density at radius 3 is 2.64 bits per heavy atom. The third kappa shape index (κ3) is 1.34. The van der Waals surface area contributed by atoms with Gasteiger partial charge in [-0.15, -0.1) is 0 Å². The van der Waals surface area contributed by atoms with Crippen LogP contribution in [0, 0.1) is 0 Å². The second-order valence-corrected chi connectivity index (χ2v) is 1.89. The maximum atomic E-state index is 11.7. The van der Waals surface area contributed by atoms with Gasteiger partial charge in [-0.25, -0.2) is 0 Å². The Balaban J connectivity index is 3.13. The molecule has 0 unspecified atom stereocenters. The molecule has 1 aromatic rings. The standard InChI is InChI=1S/C7H7FO3/c1-10-6-4-2-3-5(9)7(6)11-8/h2-4,9H,1H3. The Hall–Kier alpha value is -1.45. The molecule has 0 radical (unpaired) electrons. The number of rotatable bonds is 2. The molecule has 1 N–H and O–H groups in total. The first-order valence-electron chi connectivity index (χ1n) is 2.94. The lowest BCUT2D eigenvalue weighted by atomic mass is 10.3. The van der Waals surface area contributed by atoms with Gasteiger partial charge in [0, 0.05) is 4.53 Å². The Labute approximate surface area is 62.9 Å². The zero-order valence-corrected chi connectivity index (χ0v) is 5.87. The maximum Gasteiger partial charge on any atom is 0.255 e. The van der Waals surface area contributed by atoms with E-state index in [1.165, 1.54) is 25.3 Å². The second kappa shape index (κ2) is 3.09. The summed E-state index contributed by atoms with van der Waals surface area (Å²) in [6, 6.07) is 4.31. The van der Waals surface area contributed by atoms with Gasteiger partial charge in [0.2, 0.25) is 0 Å². The van der Waals surface area contributed by atoms with Crippen LogP contribution < -0.4 is 9.68 Å². The van der Waals surface area contributed by atoms with Crippen LogP contribution >= 0.6 is 0 Å². The van der Waals surface area contributed by atoms with Gasteiger partial charge in [0.05, 0.1) is 7.11 Å². The van der Waals surface area contributed by atoms with E-state index >= 15 is 0 Å². The maximum absolute atomic E-state index is 11.7. The van der Waals surface area contributed by atoms with E-state index in [0.717, 1.165) is 0 Å². The average Bonchev–Trinajstić information content (AvgIpc) is 2.04. The normalized spacial score (nSPS) is 9.27. The minimum Gasteiger partial charge on any atom is -0.504 e. The number of aromatic hydroxyl groups is 1. The van der Waals surface area contributed by atoms with Crippen LogP contribution in [-0.4, -0.2) is 12.2 Å². The van der Waals surface area contributed by atoms with Crippen LogP contribution in [0.4, 0.5) is 4.53 Å².